The maximum atomic E-state index is 12.5. The van der Waals surface area contributed by atoms with Crippen molar-refractivity contribution in [3.63, 3.8) is 0 Å². The van der Waals surface area contributed by atoms with Gasteiger partial charge in [0.25, 0.3) is 0 Å². The maximum absolute atomic E-state index is 12.5. The zero-order valence-corrected chi connectivity index (χ0v) is 14.3. The van der Waals surface area contributed by atoms with Crippen molar-refractivity contribution < 1.29 is 9.53 Å². The van der Waals surface area contributed by atoms with Gasteiger partial charge in [0, 0.05) is 5.69 Å². The van der Waals surface area contributed by atoms with E-state index < -0.39 is 6.04 Å². The Bertz CT molecular complexity index is 974. The molecule has 3 rings (SSSR count). The third-order valence-corrected chi connectivity index (χ3v) is 3.91. The third-order valence-electron chi connectivity index (χ3n) is 3.91. The first-order chi connectivity index (χ1) is 12.0. The first-order valence-electron chi connectivity index (χ1n) is 7.90. The molecule has 0 saturated carbocycles. The number of fused-ring (bicyclic) bond motifs is 1. The lowest BCUT2D eigenvalue weighted by Gasteiger charge is -2.17. The average molecular weight is 340 g/mol. The van der Waals surface area contributed by atoms with Crippen molar-refractivity contribution >= 4 is 28.3 Å². The van der Waals surface area contributed by atoms with Crippen molar-refractivity contribution in [3.8, 4) is 5.75 Å². The summed E-state index contributed by atoms with van der Waals surface area (Å²) >= 11 is 0. The molecule has 130 valence electrons. The average Bonchev–Trinajstić information content (AvgIpc) is 2.94. The predicted molar refractivity (Wildman–Crippen MR) is 98.4 cm³/mol. The third kappa shape index (κ3) is 3.65. The van der Waals surface area contributed by atoms with Crippen LogP contribution in [0.4, 0.5) is 11.4 Å². The molecule has 7 heteroatoms. The fraction of sp³-hybridized carbons (Fsp3) is 0.222. The molecular formula is C18H20N4O3. The number of anilines is 2. The van der Waals surface area contributed by atoms with Crippen LogP contribution in [0.25, 0.3) is 11.0 Å². The molecule has 0 unspecified atom stereocenters. The Kier molecular flexibility index (Phi) is 4.47. The molecule has 25 heavy (non-hydrogen) atoms. The summed E-state index contributed by atoms with van der Waals surface area (Å²) in [7, 11) is 1.56. The van der Waals surface area contributed by atoms with Gasteiger partial charge in [0.1, 0.15) is 11.8 Å². The second kappa shape index (κ2) is 6.72. The molecule has 3 aromatic rings. The highest BCUT2D eigenvalue weighted by atomic mass is 16.5. The smallest absolute Gasteiger partial charge is 0.323 e. The Labute approximate surface area is 144 Å². The minimum atomic E-state index is -0.478. The number of amides is 1. The van der Waals surface area contributed by atoms with Crippen LogP contribution in [0.1, 0.15) is 12.5 Å². The van der Waals surface area contributed by atoms with Crippen LogP contribution < -0.4 is 21.1 Å². The van der Waals surface area contributed by atoms with Gasteiger partial charge in [-0.2, -0.15) is 0 Å². The standard InChI is InChI=1S/C18H20N4O3/c1-10-4-7-16(25-3)15(8-10)20-17(23)11(2)19-12-5-6-13-14(9-12)22-18(24)21-13/h4-9,11,19H,1-3H3,(H,20,23)(H2,21,22,24)/t11-/m1/s1. The van der Waals surface area contributed by atoms with Crippen LogP contribution in [-0.4, -0.2) is 29.0 Å². The Morgan fingerprint density at radius 1 is 1.12 bits per heavy atom. The molecule has 0 spiro atoms. The number of methoxy groups -OCH3 is 1. The Morgan fingerprint density at radius 2 is 1.88 bits per heavy atom. The summed E-state index contributed by atoms with van der Waals surface area (Å²) in [5.74, 6) is 0.420. The highest BCUT2D eigenvalue weighted by Crippen LogP contribution is 2.25. The number of hydrogen-bond donors (Lipinski definition) is 4. The van der Waals surface area contributed by atoms with Crippen molar-refractivity contribution in [2.75, 3.05) is 17.7 Å². The lowest BCUT2D eigenvalue weighted by molar-refractivity contribution is -0.116. The van der Waals surface area contributed by atoms with Gasteiger partial charge in [-0.3, -0.25) is 4.79 Å². The molecule has 0 saturated heterocycles. The van der Waals surface area contributed by atoms with Gasteiger partial charge < -0.3 is 25.3 Å². The second-order valence-electron chi connectivity index (χ2n) is 5.90. The van der Waals surface area contributed by atoms with Crippen LogP contribution in [0.3, 0.4) is 0 Å². The van der Waals surface area contributed by atoms with Crippen LogP contribution in [0.5, 0.6) is 5.75 Å². The number of benzene rings is 2. The van der Waals surface area contributed by atoms with E-state index in [0.29, 0.717) is 17.0 Å². The predicted octanol–water partition coefficient (Wildman–Crippen LogP) is 2.61. The first-order valence-corrected chi connectivity index (χ1v) is 7.90. The summed E-state index contributed by atoms with van der Waals surface area (Å²) < 4.78 is 5.28. The van der Waals surface area contributed by atoms with Crippen molar-refractivity contribution in [1.29, 1.82) is 0 Å². The molecule has 1 atom stereocenters. The summed E-state index contributed by atoms with van der Waals surface area (Å²) in [5.41, 5.74) is 3.54. The number of H-pyrrole nitrogens is 2. The number of carbonyl (C=O) groups is 1. The number of ether oxygens (including phenoxy) is 1. The quantitative estimate of drug-likeness (QED) is 0.574. The zero-order chi connectivity index (χ0) is 18.0. The van der Waals surface area contributed by atoms with E-state index in [1.54, 1.807) is 26.2 Å². The molecule has 4 N–H and O–H groups in total. The van der Waals surface area contributed by atoms with E-state index in [-0.39, 0.29) is 11.6 Å². The molecule has 7 nitrogen and oxygen atoms in total. The van der Waals surface area contributed by atoms with E-state index in [9.17, 15) is 9.59 Å². The number of carbonyl (C=O) groups excluding carboxylic acids is 1. The van der Waals surface area contributed by atoms with E-state index >= 15 is 0 Å². The molecule has 0 radical (unpaired) electrons. The number of aromatic amines is 2. The number of imidazole rings is 1. The molecule has 0 aliphatic carbocycles. The first kappa shape index (κ1) is 16.6. The van der Waals surface area contributed by atoms with Crippen LogP contribution in [0, 0.1) is 6.92 Å². The van der Waals surface area contributed by atoms with Gasteiger partial charge in [-0.05, 0) is 49.7 Å². The van der Waals surface area contributed by atoms with Crippen LogP contribution in [0.2, 0.25) is 0 Å². The molecule has 2 aromatic carbocycles. The fourth-order valence-corrected chi connectivity index (χ4v) is 2.60. The van der Waals surface area contributed by atoms with Crippen molar-refractivity contribution in [2.24, 2.45) is 0 Å². The van der Waals surface area contributed by atoms with E-state index in [1.165, 1.54) is 0 Å². The van der Waals surface area contributed by atoms with Gasteiger partial charge in [0.15, 0.2) is 0 Å². The number of aryl methyl sites for hydroxylation is 1. The van der Waals surface area contributed by atoms with E-state index in [2.05, 4.69) is 20.6 Å². The molecule has 0 aliphatic rings. The highest BCUT2D eigenvalue weighted by Gasteiger charge is 2.15. The summed E-state index contributed by atoms with van der Waals surface area (Å²) in [5, 5.41) is 6.00. The largest absolute Gasteiger partial charge is 0.495 e. The molecule has 1 amide bonds. The van der Waals surface area contributed by atoms with Gasteiger partial charge in [-0.1, -0.05) is 6.07 Å². The minimum absolute atomic E-state index is 0.188. The van der Waals surface area contributed by atoms with Crippen LogP contribution in [0.15, 0.2) is 41.2 Å². The van der Waals surface area contributed by atoms with Gasteiger partial charge in [0.2, 0.25) is 5.91 Å². The van der Waals surface area contributed by atoms with Crippen molar-refractivity contribution in [3.05, 3.63) is 52.4 Å². The summed E-state index contributed by atoms with van der Waals surface area (Å²) in [4.78, 5) is 29.2. The molecule has 1 heterocycles. The van der Waals surface area contributed by atoms with E-state index in [1.807, 2.05) is 31.2 Å². The van der Waals surface area contributed by atoms with Gasteiger partial charge in [-0.25, -0.2) is 4.79 Å². The van der Waals surface area contributed by atoms with E-state index in [0.717, 1.165) is 16.8 Å². The zero-order valence-electron chi connectivity index (χ0n) is 14.3. The minimum Gasteiger partial charge on any atom is -0.495 e. The topological polar surface area (TPSA) is 99.0 Å². The number of nitrogens with one attached hydrogen (secondary N) is 4. The number of aromatic nitrogens is 2. The number of rotatable bonds is 5. The van der Waals surface area contributed by atoms with Crippen LogP contribution in [-0.2, 0) is 4.79 Å². The lowest BCUT2D eigenvalue weighted by atomic mass is 10.2. The Hall–Kier alpha value is -3.22. The monoisotopic (exact) mass is 340 g/mol. The van der Waals surface area contributed by atoms with Crippen molar-refractivity contribution in [1.82, 2.24) is 9.97 Å². The summed E-state index contributed by atoms with van der Waals surface area (Å²) in [6, 6.07) is 10.5. The highest BCUT2D eigenvalue weighted by molar-refractivity contribution is 5.97. The SMILES string of the molecule is COc1ccc(C)cc1NC(=O)[C@@H](C)Nc1ccc2[nH]c(=O)[nH]c2c1. The van der Waals surface area contributed by atoms with Gasteiger partial charge in [0.05, 0.1) is 23.8 Å². The molecular weight excluding hydrogens is 320 g/mol. The Morgan fingerprint density at radius 3 is 2.64 bits per heavy atom. The Balaban J connectivity index is 1.73. The molecule has 1 aromatic heterocycles. The maximum Gasteiger partial charge on any atom is 0.323 e. The fourth-order valence-electron chi connectivity index (χ4n) is 2.60. The molecule has 0 fully saturated rings. The normalized spacial score (nSPS) is 12.0. The summed E-state index contributed by atoms with van der Waals surface area (Å²) in [6.07, 6.45) is 0. The van der Waals surface area contributed by atoms with E-state index in [4.69, 9.17) is 4.74 Å². The lowest BCUT2D eigenvalue weighted by Crippen LogP contribution is -2.32. The molecule has 0 bridgehead atoms. The second-order valence-corrected chi connectivity index (χ2v) is 5.90. The summed E-state index contributed by atoms with van der Waals surface area (Å²) in [6.45, 7) is 3.71. The molecule has 0 aliphatic heterocycles. The van der Waals surface area contributed by atoms with Crippen LogP contribution >= 0.6 is 0 Å². The van der Waals surface area contributed by atoms with Gasteiger partial charge >= 0.3 is 5.69 Å². The number of hydrogen-bond acceptors (Lipinski definition) is 4. The van der Waals surface area contributed by atoms with Gasteiger partial charge in [-0.15, -0.1) is 0 Å². The van der Waals surface area contributed by atoms with Crippen molar-refractivity contribution in [2.45, 2.75) is 19.9 Å².